The Morgan fingerprint density at radius 3 is 2.57 bits per heavy atom. The fraction of sp³-hybridized carbons (Fsp3) is 0.529. The van der Waals surface area contributed by atoms with Crippen LogP contribution in [0.25, 0.3) is 0 Å². The Labute approximate surface area is 126 Å². The van der Waals surface area contributed by atoms with Gasteiger partial charge in [-0.3, -0.25) is 9.59 Å². The van der Waals surface area contributed by atoms with Gasteiger partial charge >= 0.3 is 0 Å². The highest BCUT2D eigenvalue weighted by Gasteiger charge is 2.24. The summed E-state index contributed by atoms with van der Waals surface area (Å²) >= 11 is 0. The second kappa shape index (κ2) is 7.25. The quantitative estimate of drug-likeness (QED) is 0.873. The minimum Gasteiger partial charge on any atom is -0.350 e. The van der Waals surface area contributed by atoms with Crippen molar-refractivity contribution in [1.29, 1.82) is 0 Å². The zero-order chi connectivity index (χ0) is 15.2. The Morgan fingerprint density at radius 1 is 1.24 bits per heavy atom. The van der Waals surface area contributed by atoms with Crippen LogP contribution in [0.1, 0.15) is 56.3 Å². The largest absolute Gasteiger partial charge is 0.350 e. The van der Waals surface area contributed by atoms with Gasteiger partial charge in [-0.15, -0.1) is 0 Å². The van der Waals surface area contributed by atoms with E-state index in [1.54, 1.807) is 12.1 Å². The maximum absolute atomic E-state index is 12.3. The number of para-hydroxylation sites is 1. The first-order valence-electron chi connectivity index (χ1n) is 7.82. The molecule has 1 fully saturated rings. The summed E-state index contributed by atoms with van der Waals surface area (Å²) in [5.41, 5.74) is 1.14. The molecule has 1 aromatic rings. The maximum Gasteiger partial charge on any atom is 0.253 e. The molecule has 4 nitrogen and oxygen atoms in total. The Kier molecular flexibility index (Phi) is 5.37. The number of anilines is 1. The molecule has 1 aliphatic rings. The molecule has 0 spiro atoms. The number of carbonyl (C=O) groups is 2. The normalized spacial score (nSPS) is 16.5. The summed E-state index contributed by atoms with van der Waals surface area (Å²) in [6.07, 6.45) is 5.02. The summed E-state index contributed by atoms with van der Waals surface area (Å²) in [5, 5.41) is 5.86. The van der Waals surface area contributed by atoms with E-state index in [4.69, 9.17) is 0 Å². The first-order chi connectivity index (χ1) is 10.1. The van der Waals surface area contributed by atoms with Crippen LogP contribution >= 0.6 is 0 Å². The van der Waals surface area contributed by atoms with Crippen molar-refractivity contribution in [1.82, 2.24) is 5.32 Å². The molecular formula is C17H24N2O2. The molecule has 21 heavy (non-hydrogen) atoms. The van der Waals surface area contributed by atoms with E-state index in [1.807, 2.05) is 26.0 Å². The van der Waals surface area contributed by atoms with Crippen molar-refractivity contribution in [3.8, 4) is 0 Å². The highest BCUT2D eigenvalue weighted by molar-refractivity contribution is 6.04. The Morgan fingerprint density at radius 2 is 1.90 bits per heavy atom. The van der Waals surface area contributed by atoms with E-state index in [-0.39, 0.29) is 23.8 Å². The van der Waals surface area contributed by atoms with Crippen LogP contribution < -0.4 is 10.6 Å². The van der Waals surface area contributed by atoms with Crippen LogP contribution in [0.2, 0.25) is 0 Å². The molecule has 1 aromatic carbocycles. The van der Waals surface area contributed by atoms with Crippen LogP contribution in [-0.2, 0) is 4.79 Å². The fourth-order valence-electron chi connectivity index (χ4n) is 2.62. The van der Waals surface area contributed by atoms with Crippen molar-refractivity contribution in [3.63, 3.8) is 0 Å². The Bertz CT molecular complexity index is 507. The summed E-state index contributed by atoms with van der Waals surface area (Å²) in [6.45, 7) is 4.00. The summed E-state index contributed by atoms with van der Waals surface area (Å²) < 4.78 is 0. The molecule has 2 rings (SSSR count). The number of carbonyl (C=O) groups excluding carboxylic acids is 2. The third-order valence-corrected chi connectivity index (χ3v) is 4.15. The molecule has 2 N–H and O–H groups in total. The molecular weight excluding hydrogens is 264 g/mol. The van der Waals surface area contributed by atoms with Crippen LogP contribution in [0.3, 0.4) is 0 Å². The van der Waals surface area contributed by atoms with E-state index < -0.39 is 0 Å². The summed E-state index contributed by atoms with van der Waals surface area (Å²) in [6, 6.07) is 7.32. The van der Waals surface area contributed by atoms with Gasteiger partial charge < -0.3 is 10.6 Å². The average molecular weight is 288 g/mol. The van der Waals surface area contributed by atoms with Gasteiger partial charge in [-0.1, -0.05) is 31.9 Å². The lowest BCUT2D eigenvalue weighted by atomic mass is 10.1. The minimum absolute atomic E-state index is 0.0382. The van der Waals surface area contributed by atoms with Crippen molar-refractivity contribution in [3.05, 3.63) is 29.8 Å². The van der Waals surface area contributed by atoms with Crippen molar-refractivity contribution >= 4 is 17.5 Å². The first-order valence-corrected chi connectivity index (χ1v) is 7.82. The average Bonchev–Trinajstić information content (AvgIpc) is 3.01. The number of amides is 2. The second-order valence-electron chi connectivity index (χ2n) is 5.80. The Balaban J connectivity index is 2.09. The number of nitrogens with one attached hydrogen (secondary N) is 2. The predicted octanol–water partition coefficient (Wildman–Crippen LogP) is 3.34. The minimum atomic E-state index is -0.133. The molecule has 2 amide bonds. The molecule has 1 aliphatic carbocycles. The van der Waals surface area contributed by atoms with Gasteiger partial charge in [0.1, 0.15) is 0 Å². The van der Waals surface area contributed by atoms with Gasteiger partial charge in [0.25, 0.3) is 5.91 Å². The molecule has 0 unspecified atom stereocenters. The lowest BCUT2D eigenvalue weighted by Gasteiger charge is -2.16. The van der Waals surface area contributed by atoms with Gasteiger partial charge in [0.2, 0.25) is 5.91 Å². The standard InChI is InChI=1S/C17H24N2O2/c1-3-12(2)18-17(21)14-10-6-7-11-15(14)19-16(20)13-8-4-5-9-13/h6-7,10-13H,3-5,8-9H2,1-2H3,(H,18,21)(H,19,20)/t12-/m0/s1. The molecule has 0 saturated heterocycles. The number of hydrogen-bond acceptors (Lipinski definition) is 2. The molecule has 4 heteroatoms. The molecule has 0 aliphatic heterocycles. The molecule has 1 atom stereocenters. The third-order valence-electron chi connectivity index (χ3n) is 4.15. The highest BCUT2D eigenvalue weighted by Crippen LogP contribution is 2.26. The zero-order valence-electron chi connectivity index (χ0n) is 12.8. The molecule has 114 valence electrons. The highest BCUT2D eigenvalue weighted by atomic mass is 16.2. The number of hydrogen-bond donors (Lipinski definition) is 2. The maximum atomic E-state index is 12.3. The van der Waals surface area contributed by atoms with Crippen molar-refractivity contribution in [2.75, 3.05) is 5.32 Å². The lowest BCUT2D eigenvalue weighted by molar-refractivity contribution is -0.119. The van der Waals surface area contributed by atoms with Crippen molar-refractivity contribution in [2.45, 2.75) is 52.0 Å². The monoisotopic (exact) mass is 288 g/mol. The van der Waals surface area contributed by atoms with E-state index in [1.165, 1.54) is 0 Å². The van der Waals surface area contributed by atoms with Crippen LogP contribution in [0.5, 0.6) is 0 Å². The summed E-state index contributed by atoms with van der Waals surface area (Å²) in [7, 11) is 0. The van der Waals surface area contributed by atoms with Gasteiger partial charge in [0.15, 0.2) is 0 Å². The molecule has 1 saturated carbocycles. The molecule has 0 bridgehead atoms. The fourth-order valence-corrected chi connectivity index (χ4v) is 2.62. The predicted molar refractivity (Wildman–Crippen MR) is 84.2 cm³/mol. The van der Waals surface area contributed by atoms with E-state index in [0.29, 0.717) is 11.3 Å². The zero-order valence-corrected chi connectivity index (χ0v) is 12.8. The van der Waals surface area contributed by atoms with E-state index >= 15 is 0 Å². The van der Waals surface area contributed by atoms with Crippen LogP contribution in [0.15, 0.2) is 24.3 Å². The van der Waals surface area contributed by atoms with Crippen LogP contribution in [-0.4, -0.2) is 17.9 Å². The lowest BCUT2D eigenvalue weighted by Crippen LogP contribution is -2.33. The van der Waals surface area contributed by atoms with Crippen LogP contribution in [0, 0.1) is 5.92 Å². The first kappa shape index (κ1) is 15.5. The molecule has 0 radical (unpaired) electrons. The van der Waals surface area contributed by atoms with Gasteiger partial charge in [0, 0.05) is 12.0 Å². The SMILES string of the molecule is CC[C@H](C)NC(=O)c1ccccc1NC(=O)C1CCCC1. The topological polar surface area (TPSA) is 58.2 Å². The molecule has 0 aromatic heterocycles. The number of rotatable bonds is 5. The van der Waals surface area contributed by atoms with Crippen molar-refractivity contribution < 1.29 is 9.59 Å². The Hall–Kier alpha value is -1.84. The van der Waals surface area contributed by atoms with Crippen molar-refractivity contribution in [2.24, 2.45) is 5.92 Å². The van der Waals surface area contributed by atoms with Gasteiger partial charge in [-0.25, -0.2) is 0 Å². The van der Waals surface area contributed by atoms with E-state index in [2.05, 4.69) is 10.6 Å². The van der Waals surface area contributed by atoms with Crippen LogP contribution in [0.4, 0.5) is 5.69 Å². The smallest absolute Gasteiger partial charge is 0.253 e. The van der Waals surface area contributed by atoms with Gasteiger partial charge in [-0.05, 0) is 38.3 Å². The summed E-state index contributed by atoms with van der Waals surface area (Å²) in [4.78, 5) is 24.5. The third kappa shape index (κ3) is 4.06. The molecule has 0 heterocycles. The van der Waals surface area contributed by atoms with E-state index in [9.17, 15) is 9.59 Å². The van der Waals surface area contributed by atoms with E-state index in [0.717, 1.165) is 32.1 Å². The van der Waals surface area contributed by atoms with Gasteiger partial charge in [0.05, 0.1) is 11.3 Å². The second-order valence-corrected chi connectivity index (χ2v) is 5.80. The summed E-state index contributed by atoms with van der Waals surface area (Å²) in [5.74, 6) is -0.00125. The number of benzene rings is 1. The van der Waals surface area contributed by atoms with Gasteiger partial charge in [-0.2, -0.15) is 0 Å².